The second-order valence-electron chi connectivity index (χ2n) is 4.93. The first kappa shape index (κ1) is 12.2. The van der Waals surface area contributed by atoms with E-state index in [1.165, 1.54) is 5.56 Å². The van der Waals surface area contributed by atoms with E-state index in [2.05, 4.69) is 10.6 Å². The molecular formula is C14H17N3O2. The third-order valence-corrected chi connectivity index (χ3v) is 3.70. The minimum absolute atomic E-state index is 0.0134. The number of nitrogens with zero attached hydrogens (tertiary/aromatic N) is 1. The summed E-state index contributed by atoms with van der Waals surface area (Å²) < 4.78 is 0. The molecule has 2 aliphatic heterocycles. The first-order valence-corrected chi connectivity index (χ1v) is 6.65. The Labute approximate surface area is 112 Å². The van der Waals surface area contributed by atoms with E-state index in [0.29, 0.717) is 13.1 Å². The minimum atomic E-state index is -0.394. The van der Waals surface area contributed by atoms with Crippen LogP contribution in [-0.4, -0.2) is 37.5 Å². The quantitative estimate of drug-likeness (QED) is 0.789. The van der Waals surface area contributed by atoms with Gasteiger partial charge in [-0.2, -0.15) is 0 Å². The molecule has 2 N–H and O–H groups in total. The van der Waals surface area contributed by atoms with Crippen molar-refractivity contribution in [1.29, 1.82) is 0 Å². The summed E-state index contributed by atoms with van der Waals surface area (Å²) >= 11 is 0. The number of carbonyl (C=O) groups is 2. The van der Waals surface area contributed by atoms with Crippen molar-refractivity contribution in [3.63, 3.8) is 0 Å². The Morgan fingerprint density at radius 2 is 2.16 bits per heavy atom. The van der Waals surface area contributed by atoms with Crippen LogP contribution in [0.5, 0.6) is 0 Å². The number of benzene rings is 1. The summed E-state index contributed by atoms with van der Waals surface area (Å²) in [6.45, 7) is 2.07. The average molecular weight is 259 g/mol. The molecule has 1 aromatic carbocycles. The van der Waals surface area contributed by atoms with Gasteiger partial charge in [0.2, 0.25) is 11.8 Å². The highest BCUT2D eigenvalue weighted by atomic mass is 16.2. The lowest BCUT2D eigenvalue weighted by Gasteiger charge is -2.25. The second-order valence-corrected chi connectivity index (χ2v) is 4.93. The molecule has 0 aromatic heterocycles. The number of para-hydroxylation sites is 1. The third kappa shape index (κ3) is 2.33. The molecule has 1 fully saturated rings. The lowest BCUT2D eigenvalue weighted by molar-refractivity contribution is -0.128. The van der Waals surface area contributed by atoms with Gasteiger partial charge in [0, 0.05) is 25.3 Å². The lowest BCUT2D eigenvalue weighted by Crippen LogP contribution is -2.54. The molecule has 2 amide bonds. The van der Waals surface area contributed by atoms with E-state index >= 15 is 0 Å². The molecule has 0 radical (unpaired) electrons. The summed E-state index contributed by atoms with van der Waals surface area (Å²) in [6, 6.07) is 7.55. The van der Waals surface area contributed by atoms with Gasteiger partial charge in [-0.1, -0.05) is 18.2 Å². The van der Waals surface area contributed by atoms with Crippen molar-refractivity contribution in [2.24, 2.45) is 0 Å². The zero-order chi connectivity index (χ0) is 13.2. The van der Waals surface area contributed by atoms with E-state index in [1.54, 1.807) is 4.90 Å². The number of fused-ring (bicyclic) bond motifs is 1. The molecule has 0 bridgehead atoms. The monoisotopic (exact) mass is 259 g/mol. The topological polar surface area (TPSA) is 61.4 Å². The molecule has 100 valence electrons. The maximum absolute atomic E-state index is 12.3. The number of anilines is 1. The molecule has 5 nitrogen and oxygen atoms in total. The van der Waals surface area contributed by atoms with Crippen LogP contribution in [0.4, 0.5) is 5.69 Å². The van der Waals surface area contributed by atoms with Crippen LogP contribution in [-0.2, 0) is 16.0 Å². The Balaban J connectivity index is 1.70. The number of nitrogens with one attached hydrogen (secondary N) is 2. The molecule has 0 spiro atoms. The molecule has 1 saturated heterocycles. The van der Waals surface area contributed by atoms with Crippen LogP contribution in [0.3, 0.4) is 0 Å². The van der Waals surface area contributed by atoms with Crippen molar-refractivity contribution < 1.29 is 9.59 Å². The smallest absolute Gasteiger partial charge is 0.237 e. The SMILES string of the molecule is O=C1NCCNC1CC(=O)N1CCc2ccccc21. The Hall–Kier alpha value is -1.88. The summed E-state index contributed by atoms with van der Waals surface area (Å²) in [6.07, 6.45) is 1.12. The van der Waals surface area contributed by atoms with Crippen LogP contribution >= 0.6 is 0 Å². The van der Waals surface area contributed by atoms with E-state index in [4.69, 9.17) is 0 Å². The normalized spacial score (nSPS) is 22.0. The summed E-state index contributed by atoms with van der Waals surface area (Å²) in [7, 11) is 0. The molecule has 3 rings (SSSR count). The van der Waals surface area contributed by atoms with E-state index in [0.717, 1.165) is 18.7 Å². The largest absolute Gasteiger partial charge is 0.353 e. The van der Waals surface area contributed by atoms with Gasteiger partial charge in [0.1, 0.15) is 0 Å². The van der Waals surface area contributed by atoms with Crippen LogP contribution in [0.1, 0.15) is 12.0 Å². The fraction of sp³-hybridized carbons (Fsp3) is 0.429. The van der Waals surface area contributed by atoms with Crippen LogP contribution in [0.2, 0.25) is 0 Å². The predicted octanol–water partition coefficient (Wildman–Crippen LogP) is 0.0538. The Kier molecular flexibility index (Phi) is 3.21. The van der Waals surface area contributed by atoms with E-state index < -0.39 is 6.04 Å². The van der Waals surface area contributed by atoms with Gasteiger partial charge in [0.25, 0.3) is 0 Å². The van der Waals surface area contributed by atoms with Crippen molar-refractivity contribution in [2.75, 3.05) is 24.5 Å². The fourth-order valence-electron chi connectivity index (χ4n) is 2.69. The Morgan fingerprint density at radius 3 is 3.00 bits per heavy atom. The van der Waals surface area contributed by atoms with Gasteiger partial charge < -0.3 is 15.5 Å². The van der Waals surface area contributed by atoms with E-state index in [-0.39, 0.29) is 18.2 Å². The van der Waals surface area contributed by atoms with Gasteiger partial charge in [-0.25, -0.2) is 0 Å². The molecule has 1 aromatic rings. The summed E-state index contributed by atoms with van der Waals surface area (Å²) in [5.74, 6) is -0.0633. The van der Waals surface area contributed by atoms with E-state index in [9.17, 15) is 9.59 Å². The van der Waals surface area contributed by atoms with Gasteiger partial charge in [-0.05, 0) is 18.1 Å². The zero-order valence-electron chi connectivity index (χ0n) is 10.7. The highest BCUT2D eigenvalue weighted by Crippen LogP contribution is 2.28. The maximum atomic E-state index is 12.3. The number of hydrogen-bond donors (Lipinski definition) is 2. The molecule has 19 heavy (non-hydrogen) atoms. The summed E-state index contributed by atoms with van der Waals surface area (Å²) in [5.41, 5.74) is 2.20. The standard InChI is InChI=1S/C14H17N3O2/c18-13(9-11-14(19)16-7-6-15-11)17-8-5-10-3-1-2-4-12(10)17/h1-4,11,15H,5-9H2,(H,16,19). The van der Waals surface area contributed by atoms with Gasteiger partial charge in [-0.15, -0.1) is 0 Å². The van der Waals surface area contributed by atoms with Crippen molar-refractivity contribution in [1.82, 2.24) is 10.6 Å². The van der Waals surface area contributed by atoms with Gasteiger partial charge >= 0.3 is 0 Å². The molecule has 5 heteroatoms. The van der Waals surface area contributed by atoms with Crippen molar-refractivity contribution in [2.45, 2.75) is 18.9 Å². The minimum Gasteiger partial charge on any atom is -0.353 e. The molecule has 1 atom stereocenters. The maximum Gasteiger partial charge on any atom is 0.237 e. The Bertz CT molecular complexity index is 515. The summed E-state index contributed by atoms with van der Waals surface area (Å²) in [4.78, 5) is 25.8. The van der Waals surface area contributed by atoms with Crippen molar-refractivity contribution in [3.8, 4) is 0 Å². The Morgan fingerprint density at radius 1 is 1.32 bits per heavy atom. The first-order chi connectivity index (χ1) is 9.25. The predicted molar refractivity (Wildman–Crippen MR) is 71.9 cm³/mol. The highest BCUT2D eigenvalue weighted by molar-refractivity contribution is 5.98. The van der Waals surface area contributed by atoms with Crippen molar-refractivity contribution in [3.05, 3.63) is 29.8 Å². The second kappa shape index (κ2) is 5.01. The average Bonchev–Trinajstić information content (AvgIpc) is 2.85. The fourth-order valence-corrected chi connectivity index (χ4v) is 2.69. The molecule has 0 aliphatic carbocycles. The van der Waals surface area contributed by atoms with Gasteiger partial charge in [0.05, 0.1) is 12.5 Å². The molecule has 2 aliphatic rings. The van der Waals surface area contributed by atoms with Gasteiger partial charge in [-0.3, -0.25) is 9.59 Å². The number of piperazine rings is 1. The third-order valence-electron chi connectivity index (χ3n) is 3.70. The summed E-state index contributed by atoms with van der Waals surface area (Å²) in [5, 5.41) is 5.86. The highest BCUT2D eigenvalue weighted by Gasteiger charge is 2.29. The number of rotatable bonds is 2. The van der Waals surface area contributed by atoms with Crippen molar-refractivity contribution >= 4 is 17.5 Å². The van der Waals surface area contributed by atoms with Crippen LogP contribution < -0.4 is 15.5 Å². The number of hydrogen-bond acceptors (Lipinski definition) is 3. The van der Waals surface area contributed by atoms with Gasteiger partial charge in [0.15, 0.2) is 0 Å². The molecule has 2 heterocycles. The zero-order valence-corrected chi connectivity index (χ0v) is 10.7. The van der Waals surface area contributed by atoms with E-state index in [1.807, 2.05) is 24.3 Å². The molecule has 1 unspecified atom stereocenters. The molecule has 0 saturated carbocycles. The van der Waals surface area contributed by atoms with Crippen LogP contribution in [0, 0.1) is 0 Å². The lowest BCUT2D eigenvalue weighted by atomic mass is 10.1. The number of amides is 2. The molecular weight excluding hydrogens is 242 g/mol. The van der Waals surface area contributed by atoms with Crippen LogP contribution in [0.15, 0.2) is 24.3 Å². The van der Waals surface area contributed by atoms with Crippen LogP contribution in [0.25, 0.3) is 0 Å². The first-order valence-electron chi connectivity index (χ1n) is 6.65. The number of carbonyl (C=O) groups excluding carboxylic acids is 2.